The van der Waals surface area contributed by atoms with Gasteiger partial charge in [-0.3, -0.25) is 0 Å². The second-order valence-electron chi connectivity index (χ2n) is 3.53. The number of nitrogens with one attached hydrogen (secondary N) is 1. The minimum atomic E-state index is 0.976. The van der Waals surface area contributed by atoms with Gasteiger partial charge in [-0.2, -0.15) is 0 Å². The molecule has 0 aliphatic heterocycles. The lowest BCUT2D eigenvalue weighted by Gasteiger charge is -2.06. The standard InChI is InChI=1S/C13H19N/c1-3-4-7-10-14-11-13-9-6-5-8-12(13)2/h3,5-6,8-9,14H,1,4,7,10-11H2,2H3. The van der Waals surface area contributed by atoms with E-state index >= 15 is 0 Å². The summed E-state index contributed by atoms with van der Waals surface area (Å²) >= 11 is 0. The van der Waals surface area contributed by atoms with Crippen LogP contribution < -0.4 is 5.32 Å². The van der Waals surface area contributed by atoms with E-state index in [9.17, 15) is 0 Å². The Hall–Kier alpha value is -1.08. The van der Waals surface area contributed by atoms with Crippen LogP contribution in [0.4, 0.5) is 0 Å². The molecule has 0 aromatic heterocycles. The topological polar surface area (TPSA) is 12.0 Å². The molecule has 1 aromatic rings. The molecular formula is C13H19N. The molecule has 0 aliphatic carbocycles. The summed E-state index contributed by atoms with van der Waals surface area (Å²) in [5.74, 6) is 0. The van der Waals surface area contributed by atoms with E-state index in [0.29, 0.717) is 0 Å². The summed E-state index contributed by atoms with van der Waals surface area (Å²) in [6.07, 6.45) is 4.24. The third-order valence-electron chi connectivity index (χ3n) is 2.34. The molecule has 1 rings (SSSR count). The van der Waals surface area contributed by atoms with Gasteiger partial charge in [0.15, 0.2) is 0 Å². The second kappa shape index (κ2) is 6.39. The normalized spacial score (nSPS) is 10.1. The molecule has 1 N–H and O–H groups in total. The minimum absolute atomic E-state index is 0.976. The molecule has 0 unspecified atom stereocenters. The molecule has 1 heteroatoms. The molecule has 0 saturated carbocycles. The van der Waals surface area contributed by atoms with Crippen molar-refractivity contribution in [2.75, 3.05) is 6.54 Å². The highest BCUT2D eigenvalue weighted by Crippen LogP contribution is 2.05. The molecule has 0 fully saturated rings. The zero-order valence-corrected chi connectivity index (χ0v) is 8.92. The fourth-order valence-electron chi connectivity index (χ4n) is 1.40. The minimum Gasteiger partial charge on any atom is -0.313 e. The summed E-state index contributed by atoms with van der Waals surface area (Å²) in [4.78, 5) is 0. The number of benzene rings is 1. The third-order valence-corrected chi connectivity index (χ3v) is 2.34. The molecule has 14 heavy (non-hydrogen) atoms. The molecule has 0 amide bonds. The fraction of sp³-hybridized carbons (Fsp3) is 0.385. The predicted octanol–water partition coefficient (Wildman–Crippen LogP) is 3.05. The number of aryl methyl sites for hydroxylation is 1. The molecule has 76 valence electrons. The van der Waals surface area contributed by atoms with Crippen LogP contribution in [-0.4, -0.2) is 6.54 Å². The number of rotatable bonds is 6. The van der Waals surface area contributed by atoms with Gasteiger partial charge in [0.05, 0.1) is 0 Å². The van der Waals surface area contributed by atoms with Gasteiger partial charge >= 0.3 is 0 Å². The molecule has 1 aromatic carbocycles. The molecule has 0 atom stereocenters. The van der Waals surface area contributed by atoms with Crippen molar-refractivity contribution in [1.82, 2.24) is 5.32 Å². The maximum absolute atomic E-state index is 3.70. The van der Waals surface area contributed by atoms with Crippen LogP contribution >= 0.6 is 0 Å². The van der Waals surface area contributed by atoms with E-state index in [1.807, 2.05) is 6.08 Å². The predicted molar refractivity (Wildman–Crippen MR) is 62.3 cm³/mol. The first kappa shape index (κ1) is 11.0. The first-order valence-electron chi connectivity index (χ1n) is 5.20. The van der Waals surface area contributed by atoms with Gasteiger partial charge in [-0.05, 0) is 37.4 Å². The highest BCUT2D eigenvalue weighted by molar-refractivity contribution is 5.25. The van der Waals surface area contributed by atoms with Crippen molar-refractivity contribution in [2.24, 2.45) is 0 Å². The van der Waals surface area contributed by atoms with Gasteiger partial charge in [0.2, 0.25) is 0 Å². The van der Waals surface area contributed by atoms with Crippen molar-refractivity contribution >= 4 is 0 Å². The number of unbranched alkanes of at least 4 members (excludes halogenated alkanes) is 1. The fourth-order valence-corrected chi connectivity index (χ4v) is 1.40. The SMILES string of the molecule is C=CCCCNCc1ccccc1C. The zero-order valence-electron chi connectivity index (χ0n) is 8.92. The van der Waals surface area contributed by atoms with Crippen LogP contribution in [0.5, 0.6) is 0 Å². The van der Waals surface area contributed by atoms with E-state index in [0.717, 1.165) is 19.5 Å². The van der Waals surface area contributed by atoms with Crippen LogP contribution in [0.3, 0.4) is 0 Å². The van der Waals surface area contributed by atoms with E-state index in [1.54, 1.807) is 0 Å². The van der Waals surface area contributed by atoms with Crippen LogP contribution in [0, 0.1) is 6.92 Å². The highest BCUT2D eigenvalue weighted by atomic mass is 14.8. The molecule has 0 saturated heterocycles. The summed E-state index contributed by atoms with van der Waals surface area (Å²) in [5.41, 5.74) is 2.76. The number of hydrogen-bond donors (Lipinski definition) is 1. The van der Waals surface area contributed by atoms with Gasteiger partial charge in [-0.1, -0.05) is 30.3 Å². The van der Waals surface area contributed by atoms with Gasteiger partial charge in [0.1, 0.15) is 0 Å². The van der Waals surface area contributed by atoms with Crippen LogP contribution in [0.1, 0.15) is 24.0 Å². The van der Waals surface area contributed by atoms with Gasteiger partial charge in [-0.25, -0.2) is 0 Å². The van der Waals surface area contributed by atoms with Crippen molar-refractivity contribution < 1.29 is 0 Å². The molecule has 0 spiro atoms. The van der Waals surface area contributed by atoms with E-state index < -0.39 is 0 Å². The lowest BCUT2D eigenvalue weighted by molar-refractivity contribution is 0.653. The Morgan fingerprint density at radius 1 is 1.36 bits per heavy atom. The molecule has 0 aliphatic rings. The molecule has 0 heterocycles. The monoisotopic (exact) mass is 189 g/mol. The van der Waals surface area contributed by atoms with Gasteiger partial charge < -0.3 is 5.32 Å². The average Bonchev–Trinajstić information content (AvgIpc) is 2.20. The van der Waals surface area contributed by atoms with Crippen molar-refractivity contribution in [3.63, 3.8) is 0 Å². The number of allylic oxidation sites excluding steroid dienone is 1. The first-order chi connectivity index (χ1) is 6.84. The Balaban J connectivity index is 2.24. The Bertz CT molecular complexity index is 278. The summed E-state index contributed by atoms with van der Waals surface area (Å²) in [6.45, 7) is 7.90. The average molecular weight is 189 g/mol. The summed E-state index contributed by atoms with van der Waals surface area (Å²) in [5, 5.41) is 3.43. The lowest BCUT2D eigenvalue weighted by Crippen LogP contribution is -2.15. The third kappa shape index (κ3) is 3.75. The van der Waals surface area contributed by atoms with Gasteiger partial charge in [0.25, 0.3) is 0 Å². The summed E-state index contributed by atoms with van der Waals surface area (Å²) in [6, 6.07) is 8.50. The zero-order chi connectivity index (χ0) is 10.2. The Kier molecular flexibility index (Phi) is 5.02. The van der Waals surface area contributed by atoms with E-state index in [4.69, 9.17) is 0 Å². The molecule has 0 bridgehead atoms. The molecule has 1 nitrogen and oxygen atoms in total. The first-order valence-corrected chi connectivity index (χ1v) is 5.20. The largest absolute Gasteiger partial charge is 0.313 e. The molecule has 0 radical (unpaired) electrons. The van der Waals surface area contributed by atoms with Crippen LogP contribution in [0.15, 0.2) is 36.9 Å². The smallest absolute Gasteiger partial charge is 0.0208 e. The van der Waals surface area contributed by atoms with E-state index in [1.165, 1.54) is 17.5 Å². The number of hydrogen-bond acceptors (Lipinski definition) is 1. The van der Waals surface area contributed by atoms with Crippen molar-refractivity contribution in [1.29, 1.82) is 0 Å². The maximum Gasteiger partial charge on any atom is 0.0208 e. The summed E-state index contributed by atoms with van der Waals surface area (Å²) in [7, 11) is 0. The quantitative estimate of drug-likeness (QED) is 0.535. The highest BCUT2D eigenvalue weighted by Gasteiger charge is 1.94. The van der Waals surface area contributed by atoms with Crippen molar-refractivity contribution in [3.05, 3.63) is 48.0 Å². The lowest BCUT2D eigenvalue weighted by atomic mass is 10.1. The maximum atomic E-state index is 3.70. The van der Waals surface area contributed by atoms with Crippen LogP contribution in [0.25, 0.3) is 0 Å². The molecular weight excluding hydrogens is 170 g/mol. The van der Waals surface area contributed by atoms with Crippen molar-refractivity contribution in [2.45, 2.75) is 26.3 Å². The van der Waals surface area contributed by atoms with Crippen molar-refractivity contribution in [3.8, 4) is 0 Å². The van der Waals surface area contributed by atoms with Crippen LogP contribution in [-0.2, 0) is 6.54 Å². The second-order valence-corrected chi connectivity index (χ2v) is 3.53. The Labute approximate surface area is 86.8 Å². The van der Waals surface area contributed by atoms with Gasteiger partial charge in [-0.15, -0.1) is 6.58 Å². The van der Waals surface area contributed by atoms with Gasteiger partial charge in [0, 0.05) is 6.54 Å². The van der Waals surface area contributed by atoms with Crippen LogP contribution in [0.2, 0.25) is 0 Å². The Morgan fingerprint density at radius 3 is 2.86 bits per heavy atom. The summed E-state index contributed by atoms with van der Waals surface area (Å²) < 4.78 is 0. The van der Waals surface area contributed by atoms with E-state index in [-0.39, 0.29) is 0 Å². The Morgan fingerprint density at radius 2 is 2.14 bits per heavy atom. The van der Waals surface area contributed by atoms with E-state index in [2.05, 4.69) is 43.1 Å².